The van der Waals surface area contributed by atoms with E-state index in [1.807, 2.05) is 0 Å². The Labute approximate surface area is 169 Å². The Bertz CT molecular complexity index is 572. The molecule has 0 spiro atoms. The molecule has 0 aromatic rings. The summed E-state index contributed by atoms with van der Waals surface area (Å²) in [6.07, 6.45) is -1.51. The molecule has 0 radical (unpaired) electrons. The van der Waals surface area contributed by atoms with E-state index in [-0.39, 0.29) is 17.4 Å². The summed E-state index contributed by atoms with van der Waals surface area (Å²) >= 11 is 0. The molecule has 0 aliphatic heterocycles. The quantitative estimate of drug-likeness (QED) is 0.285. The maximum Gasteiger partial charge on any atom is 0.372 e. The van der Waals surface area contributed by atoms with Crippen LogP contribution in [-0.2, 0) is 60.5 Å². The zero-order valence-corrected chi connectivity index (χ0v) is 16.3. The molecule has 156 valence electrons. The molecule has 0 heterocycles. The molecule has 0 aromatic carbocycles. The molecule has 0 aliphatic rings. The number of carboxylic acid groups (broad SMARTS) is 3. The Morgan fingerprint density at radius 1 is 0.464 bits per heavy atom. The van der Waals surface area contributed by atoms with Crippen molar-refractivity contribution in [3.05, 3.63) is 0 Å². The average Bonchev–Trinajstić information content (AvgIpc) is 2.46. The van der Waals surface area contributed by atoms with Crippen LogP contribution in [0.1, 0.15) is 40.0 Å². The average molecular weight is 442 g/mol. The molecular weight excluding hydrogens is 424 g/mol. The van der Waals surface area contributed by atoms with Crippen LogP contribution in [-0.4, -0.2) is 67.9 Å². The van der Waals surface area contributed by atoms with Gasteiger partial charge in [-0.2, -0.15) is 0 Å². The maximum atomic E-state index is 10.1. The van der Waals surface area contributed by atoms with E-state index in [9.17, 15) is 43.2 Å². The Morgan fingerprint density at radius 3 is 0.643 bits per heavy atom. The third kappa shape index (κ3) is 25.2. The Morgan fingerprint density at radius 2 is 0.607 bits per heavy atom. The minimum absolute atomic E-state index is 0. The molecule has 3 N–H and O–H groups in total. The van der Waals surface area contributed by atoms with Crippen LogP contribution in [0.3, 0.4) is 0 Å². The Hall–Kier alpha value is -3.04. The molecule has 13 heteroatoms. The summed E-state index contributed by atoms with van der Waals surface area (Å²) in [5.74, 6) is -9.10. The fourth-order valence-electron chi connectivity index (χ4n) is 0.905. The first-order valence-electron chi connectivity index (χ1n) is 6.88. The second kappa shape index (κ2) is 17.4. The van der Waals surface area contributed by atoms with Gasteiger partial charge in [0, 0.05) is 17.4 Å². The van der Waals surface area contributed by atoms with Gasteiger partial charge in [0.1, 0.15) is 17.3 Å². The van der Waals surface area contributed by atoms with Crippen LogP contribution in [0.5, 0.6) is 0 Å². The predicted molar refractivity (Wildman–Crippen MR) is 83.8 cm³/mol. The number of carboxylic acids is 3. The van der Waals surface area contributed by atoms with Crippen molar-refractivity contribution in [3.8, 4) is 0 Å². The summed E-state index contributed by atoms with van der Waals surface area (Å²) in [5, 5.41) is 23.8. The molecule has 0 aliphatic carbocycles. The van der Waals surface area contributed by atoms with Gasteiger partial charge in [-0.25, -0.2) is 14.4 Å². The molecule has 0 fully saturated rings. The summed E-state index contributed by atoms with van der Waals surface area (Å²) in [6.45, 7) is 3.50. The van der Waals surface area contributed by atoms with Gasteiger partial charge < -0.3 is 15.3 Å². The van der Waals surface area contributed by atoms with Crippen LogP contribution in [0, 0.1) is 0 Å². The van der Waals surface area contributed by atoms with Crippen LogP contribution < -0.4 is 0 Å². The monoisotopic (exact) mass is 442 g/mol. The van der Waals surface area contributed by atoms with Gasteiger partial charge in [-0.3, -0.25) is 28.8 Å². The Balaban J connectivity index is -0.000000152. The molecule has 0 amide bonds. The second-order valence-corrected chi connectivity index (χ2v) is 4.82. The summed E-state index contributed by atoms with van der Waals surface area (Å²) in [4.78, 5) is 89.8. The molecule has 28 heavy (non-hydrogen) atoms. The molecule has 0 aromatic heterocycles. The number of hydrogen-bond donors (Lipinski definition) is 3. The van der Waals surface area contributed by atoms with E-state index in [2.05, 4.69) is 0 Å². The third-order valence-electron chi connectivity index (χ3n) is 1.94. The van der Waals surface area contributed by atoms with Crippen molar-refractivity contribution < 1.29 is 75.8 Å². The fourth-order valence-corrected chi connectivity index (χ4v) is 0.905. The molecule has 0 atom stereocenters. The van der Waals surface area contributed by atoms with Crippen molar-refractivity contribution in [2.45, 2.75) is 40.0 Å². The largest absolute Gasteiger partial charge is 0.475 e. The smallest absolute Gasteiger partial charge is 0.372 e. The van der Waals surface area contributed by atoms with Crippen molar-refractivity contribution >= 4 is 52.6 Å². The number of carbonyl (C=O) groups is 9. The predicted octanol–water partition coefficient (Wildman–Crippen LogP) is -1.14. The summed E-state index contributed by atoms with van der Waals surface area (Å²) in [7, 11) is 0. The number of carbonyl (C=O) groups excluding carboxylic acids is 6. The van der Waals surface area contributed by atoms with Gasteiger partial charge in [0.05, 0.1) is 19.3 Å². The molecule has 0 bridgehead atoms. The molecular formula is C15H18CrO12. The van der Waals surface area contributed by atoms with Gasteiger partial charge in [-0.05, 0) is 20.8 Å². The van der Waals surface area contributed by atoms with E-state index >= 15 is 0 Å². The second-order valence-electron chi connectivity index (χ2n) is 4.82. The molecule has 12 nitrogen and oxygen atoms in total. The van der Waals surface area contributed by atoms with Crippen molar-refractivity contribution in [1.82, 2.24) is 0 Å². The topological polar surface area (TPSA) is 214 Å². The van der Waals surface area contributed by atoms with Gasteiger partial charge in [0.2, 0.25) is 17.3 Å². The van der Waals surface area contributed by atoms with E-state index < -0.39 is 71.9 Å². The van der Waals surface area contributed by atoms with Gasteiger partial charge in [0.25, 0.3) is 0 Å². The van der Waals surface area contributed by atoms with Crippen molar-refractivity contribution in [3.63, 3.8) is 0 Å². The number of Topliss-reactive ketones (excluding diaryl/α,β-unsaturated/α-hetero) is 6. The van der Waals surface area contributed by atoms with Crippen LogP contribution in [0.2, 0.25) is 0 Å². The summed E-state index contributed by atoms with van der Waals surface area (Å²) in [6, 6.07) is 0. The minimum Gasteiger partial charge on any atom is -0.475 e. The van der Waals surface area contributed by atoms with Gasteiger partial charge in [-0.1, -0.05) is 0 Å². The maximum absolute atomic E-state index is 10.1. The van der Waals surface area contributed by atoms with E-state index in [0.29, 0.717) is 0 Å². The van der Waals surface area contributed by atoms with Gasteiger partial charge >= 0.3 is 17.9 Å². The zero-order valence-electron chi connectivity index (χ0n) is 15.0. The van der Waals surface area contributed by atoms with Crippen molar-refractivity contribution in [2.75, 3.05) is 0 Å². The minimum atomic E-state index is -1.55. The van der Waals surface area contributed by atoms with E-state index in [1.54, 1.807) is 0 Å². The van der Waals surface area contributed by atoms with Crippen molar-refractivity contribution in [2.24, 2.45) is 0 Å². The number of aliphatic carboxylic acids is 3. The SMILES string of the molecule is CC(=O)CC(=O)C(=O)O.CC(=O)CC(=O)C(=O)O.CC(=O)CC(=O)C(=O)O.[Cr]. The number of ketones is 6. The number of rotatable bonds is 9. The molecule has 0 saturated carbocycles. The third-order valence-corrected chi connectivity index (χ3v) is 1.94. The van der Waals surface area contributed by atoms with Crippen molar-refractivity contribution in [1.29, 1.82) is 0 Å². The molecule has 0 rings (SSSR count). The van der Waals surface area contributed by atoms with Crippen LogP contribution in [0.4, 0.5) is 0 Å². The van der Waals surface area contributed by atoms with E-state index in [4.69, 9.17) is 15.3 Å². The fraction of sp³-hybridized carbons (Fsp3) is 0.400. The van der Waals surface area contributed by atoms with Crippen LogP contribution in [0.25, 0.3) is 0 Å². The first-order valence-corrected chi connectivity index (χ1v) is 6.88. The zero-order chi connectivity index (χ0) is 22.3. The normalized spacial score (nSPS) is 8.25. The number of hydrogen-bond acceptors (Lipinski definition) is 9. The first-order chi connectivity index (χ1) is 12.1. The van der Waals surface area contributed by atoms with Gasteiger partial charge in [-0.15, -0.1) is 0 Å². The Kier molecular flexibility index (Phi) is 20.2. The van der Waals surface area contributed by atoms with Gasteiger partial charge in [0.15, 0.2) is 0 Å². The van der Waals surface area contributed by atoms with Crippen LogP contribution in [0.15, 0.2) is 0 Å². The van der Waals surface area contributed by atoms with Crippen LogP contribution >= 0.6 is 0 Å². The molecule has 0 saturated heterocycles. The summed E-state index contributed by atoms with van der Waals surface area (Å²) < 4.78 is 0. The first kappa shape index (κ1) is 32.6. The molecule has 0 unspecified atom stereocenters. The summed E-state index contributed by atoms with van der Waals surface area (Å²) in [5.41, 5.74) is 0. The van der Waals surface area contributed by atoms with E-state index in [1.165, 1.54) is 20.8 Å². The van der Waals surface area contributed by atoms with E-state index in [0.717, 1.165) is 0 Å². The standard InChI is InChI=1S/3C5H6O4.Cr/c3*1-3(6)2-4(7)5(8)9;/h3*2H2,1H3,(H,8,9);.